The number of imidazole rings is 1. The zero-order valence-electron chi connectivity index (χ0n) is 13.1. The number of carbonyl (C=O) groups is 1. The van der Waals surface area contributed by atoms with Crippen molar-refractivity contribution in [1.29, 1.82) is 0 Å². The van der Waals surface area contributed by atoms with Gasteiger partial charge in [-0.25, -0.2) is 4.98 Å². The van der Waals surface area contributed by atoms with Gasteiger partial charge in [0.1, 0.15) is 5.82 Å². The largest absolute Gasteiger partial charge is 0.342 e. The number of H-pyrrole nitrogens is 1. The van der Waals surface area contributed by atoms with Gasteiger partial charge in [-0.2, -0.15) is 0 Å². The number of nitrogens with one attached hydrogen (secondary N) is 1. The Bertz CT molecular complexity index is 701. The molecule has 1 aliphatic heterocycles. The standard InChI is InChI=1S/C18H23N3O/c1-12-3-2-8-21(10-12)11-17(22)14-6-7-15-16(9-14)20-18(19-15)13-4-5-13/h6-7,9,12-13H,2-5,8,10-11H2,1H3,(H,19,20). The van der Waals surface area contributed by atoms with E-state index < -0.39 is 0 Å². The molecule has 4 nitrogen and oxygen atoms in total. The van der Waals surface area contributed by atoms with Gasteiger partial charge < -0.3 is 4.98 Å². The third-order valence-corrected chi connectivity index (χ3v) is 4.89. The number of hydrogen-bond acceptors (Lipinski definition) is 3. The number of fused-ring (bicyclic) bond motifs is 1. The van der Waals surface area contributed by atoms with Crippen molar-refractivity contribution in [2.45, 2.75) is 38.5 Å². The van der Waals surface area contributed by atoms with Crippen LogP contribution in [0, 0.1) is 5.92 Å². The van der Waals surface area contributed by atoms with E-state index in [0.717, 1.165) is 35.5 Å². The van der Waals surface area contributed by atoms with Crippen molar-refractivity contribution in [3.05, 3.63) is 29.6 Å². The summed E-state index contributed by atoms with van der Waals surface area (Å²) in [5.74, 6) is 2.63. The Morgan fingerprint density at radius 3 is 3.00 bits per heavy atom. The smallest absolute Gasteiger partial charge is 0.176 e. The number of rotatable bonds is 4. The maximum atomic E-state index is 12.5. The van der Waals surface area contributed by atoms with Crippen LogP contribution in [-0.4, -0.2) is 40.3 Å². The highest BCUT2D eigenvalue weighted by molar-refractivity contribution is 6.00. The molecule has 1 saturated carbocycles. The molecule has 0 amide bonds. The third kappa shape index (κ3) is 2.80. The molecule has 116 valence electrons. The summed E-state index contributed by atoms with van der Waals surface area (Å²) >= 11 is 0. The van der Waals surface area contributed by atoms with Crippen molar-refractivity contribution >= 4 is 16.8 Å². The molecule has 0 spiro atoms. The first-order valence-corrected chi connectivity index (χ1v) is 8.44. The SMILES string of the molecule is CC1CCCN(CC(=O)c2ccc3nc(C4CC4)[nH]c3c2)C1. The Morgan fingerprint density at radius 2 is 2.23 bits per heavy atom. The lowest BCUT2D eigenvalue weighted by molar-refractivity contribution is 0.0893. The number of hydrogen-bond donors (Lipinski definition) is 1. The van der Waals surface area contributed by atoms with E-state index in [1.165, 1.54) is 25.7 Å². The fraction of sp³-hybridized carbons (Fsp3) is 0.556. The minimum Gasteiger partial charge on any atom is -0.342 e. The maximum absolute atomic E-state index is 12.5. The van der Waals surface area contributed by atoms with Crippen LogP contribution < -0.4 is 0 Å². The van der Waals surface area contributed by atoms with Gasteiger partial charge in [0, 0.05) is 18.0 Å². The quantitative estimate of drug-likeness (QED) is 0.880. The predicted molar refractivity (Wildman–Crippen MR) is 87.2 cm³/mol. The molecular weight excluding hydrogens is 274 g/mol. The van der Waals surface area contributed by atoms with Crippen LogP contribution in [0.4, 0.5) is 0 Å². The first-order valence-electron chi connectivity index (χ1n) is 8.44. The normalized spacial score (nSPS) is 23.0. The molecule has 2 heterocycles. The summed E-state index contributed by atoms with van der Waals surface area (Å²) in [5.41, 5.74) is 2.78. The number of Topliss-reactive ketones (excluding diaryl/α,β-unsaturated/α-hetero) is 1. The minimum atomic E-state index is 0.221. The molecule has 1 atom stereocenters. The number of carbonyl (C=O) groups excluding carboxylic acids is 1. The summed E-state index contributed by atoms with van der Waals surface area (Å²) in [6.07, 6.45) is 4.96. The van der Waals surface area contributed by atoms with Gasteiger partial charge in [0.05, 0.1) is 17.6 Å². The van der Waals surface area contributed by atoms with Crippen LogP contribution in [0.1, 0.15) is 54.7 Å². The van der Waals surface area contributed by atoms with E-state index in [0.29, 0.717) is 18.4 Å². The Balaban J connectivity index is 1.51. The van der Waals surface area contributed by atoms with E-state index in [1.54, 1.807) is 0 Å². The molecule has 0 bridgehead atoms. The van der Waals surface area contributed by atoms with Crippen LogP contribution in [0.15, 0.2) is 18.2 Å². The van der Waals surface area contributed by atoms with Crippen LogP contribution in [0.2, 0.25) is 0 Å². The van der Waals surface area contributed by atoms with Gasteiger partial charge in [0.15, 0.2) is 5.78 Å². The van der Waals surface area contributed by atoms with E-state index in [9.17, 15) is 4.79 Å². The van der Waals surface area contributed by atoms with Gasteiger partial charge in [-0.3, -0.25) is 9.69 Å². The first kappa shape index (κ1) is 13.9. The molecule has 0 radical (unpaired) electrons. The van der Waals surface area contributed by atoms with Crippen molar-refractivity contribution in [2.75, 3.05) is 19.6 Å². The topological polar surface area (TPSA) is 49.0 Å². The highest BCUT2D eigenvalue weighted by Crippen LogP contribution is 2.39. The number of ketones is 1. The molecule has 4 rings (SSSR count). The van der Waals surface area contributed by atoms with Gasteiger partial charge >= 0.3 is 0 Å². The lowest BCUT2D eigenvalue weighted by atomic mass is 9.99. The van der Waals surface area contributed by atoms with Gasteiger partial charge in [-0.05, 0) is 56.3 Å². The second kappa shape index (κ2) is 5.51. The van der Waals surface area contributed by atoms with Gasteiger partial charge in [0.2, 0.25) is 0 Å². The highest BCUT2D eigenvalue weighted by Gasteiger charge is 2.27. The molecule has 1 aromatic carbocycles. The first-order chi connectivity index (χ1) is 10.7. The zero-order valence-corrected chi connectivity index (χ0v) is 13.1. The Hall–Kier alpha value is -1.68. The van der Waals surface area contributed by atoms with Crippen LogP contribution in [0.3, 0.4) is 0 Å². The number of piperidine rings is 1. The summed E-state index contributed by atoms with van der Waals surface area (Å²) in [5, 5.41) is 0. The van der Waals surface area contributed by atoms with Crippen LogP contribution >= 0.6 is 0 Å². The molecule has 2 aromatic rings. The molecule has 1 aromatic heterocycles. The summed E-state index contributed by atoms with van der Waals surface area (Å²) in [7, 11) is 0. The summed E-state index contributed by atoms with van der Waals surface area (Å²) < 4.78 is 0. The van der Waals surface area contributed by atoms with Crippen molar-refractivity contribution in [2.24, 2.45) is 5.92 Å². The van der Waals surface area contributed by atoms with Gasteiger partial charge in [-0.15, -0.1) is 0 Å². The van der Waals surface area contributed by atoms with Crippen molar-refractivity contribution in [3.63, 3.8) is 0 Å². The van der Waals surface area contributed by atoms with E-state index in [-0.39, 0.29) is 5.78 Å². The second-order valence-electron chi connectivity index (χ2n) is 7.03. The molecule has 2 aliphatic rings. The summed E-state index contributed by atoms with van der Waals surface area (Å²) in [6, 6.07) is 5.88. The van der Waals surface area contributed by atoms with E-state index in [1.807, 2.05) is 18.2 Å². The minimum absolute atomic E-state index is 0.221. The molecule has 1 saturated heterocycles. The fourth-order valence-electron chi connectivity index (χ4n) is 3.48. The van der Waals surface area contributed by atoms with Crippen molar-refractivity contribution < 1.29 is 4.79 Å². The maximum Gasteiger partial charge on any atom is 0.176 e. The van der Waals surface area contributed by atoms with E-state index >= 15 is 0 Å². The summed E-state index contributed by atoms with van der Waals surface area (Å²) in [6.45, 7) is 4.91. The molecule has 1 aliphatic carbocycles. The highest BCUT2D eigenvalue weighted by atomic mass is 16.1. The van der Waals surface area contributed by atoms with Crippen LogP contribution in [0.5, 0.6) is 0 Å². The third-order valence-electron chi connectivity index (χ3n) is 4.89. The monoisotopic (exact) mass is 297 g/mol. The Kier molecular flexibility index (Phi) is 3.49. The number of nitrogens with zero attached hydrogens (tertiary/aromatic N) is 2. The average Bonchev–Trinajstić information content (AvgIpc) is 3.26. The molecular formula is C18H23N3O. The summed E-state index contributed by atoms with van der Waals surface area (Å²) in [4.78, 5) is 22.8. The Morgan fingerprint density at radius 1 is 1.36 bits per heavy atom. The molecule has 22 heavy (non-hydrogen) atoms. The number of benzene rings is 1. The van der Waals surface area contributed by atoms with E-state index in [2.05, 4.69) is 21.8 Å². The van der Waals surface area contributed by atoms with E-state index in [4.69, 9.17) is 0 Å². The molecule has 4 heteroatoms. The number of aromatic nitrogens is 2. The number of likely N-dealkylation sites (tertiary alicyclic amines) is 1. The predicted octanol–water partition coefficient (Wildman–Crippen LogP) is 3.35. The van der Waals surface area contributed by atoms with Crippen LogP contribution in [0.25, 0.3) is 11.0 Å². The molecule has 1 N–H and O–H groups in total. The van der Waals surface area contributed by atoms with Crippen molar-refractivity contribution in [3.8, 4) is 0 Å². The lowest BCUT2D eigenvalue weighted by Gasteiger charge is -2.30. The van der Waals surface area contributed by atoms with Crippen LogP contribution in [-0.2, 0) is 0 Å². The number of aromatic amines is 1. The average molecular weight is 297 g/mol. The second-order valence-corrected chi connectivity index (χ2v) is 7.03. The Labute approximate surface area is 130 Å². The van der Waals surface area contributed by atoms with Gasteiger partial charge in [0.25, 0.3) is 0 Å². The zero-order chi connectivity index (χ0) is 15.1. The van der Waals surface area contributed by atoms with Crippen molar-refractivity contribution in [1.82, 2.24) is 14.9 Å². The van der Waals surface area contributed by atoms with Gasteiger partial charge in [-0.1, -0.05) is 6.92 Å². The molecule has 2 fully saturated rings. The lowest BCUT2D eigenvalue weighted by Crippen LogP contribution is -2.37. The molecule has 1 unspecified atom stereocenters. The fourth-order valence-corrected chi connectivity index (χ4v) is 3.48.